The van der Waals surface area contributed by atoms with Gasteiger partial charge in [0.05, 0.1) is 23.2 Å². The molecular formula is C16H22FNO4S. The molecule has 128 valence electrons. The van der Waals surface area contributed by atoms with Gasteiger partial charge in [0.25, 0.3) is 0 Å². The van der Waals surface area contributed by atoms with E-state index in [-0.39, 0.29) is 16.6 Å². The molecule has 1 aromatic carbocycles. The third kappa shape index (κ3) is 3.42. The van der Waals surface area contributed by atoms with Crippen molar-refractivity contribution in [1.82, 2.24) is 4.31 Å². The summed E-state index contributed by atoms with van der Waals surface area (Å²) in [4.78, 5) is 0.00739. The fourth-order valence-electron chi connectivity index (χ4n) is 3.40. The van der Waals surface area contributed by atoms with Crippen LogP contribution in [0.25, 0.3) is 0 Å². The third-order valence-electron chi connectivity index (χ3n) is 4.64. The van der Waals surface area contributed by atoms with Gasteiger partial charge in [-0.2, -0.15) is 4.31 Å². The summed E-state index contributed by atoms with van der Waals surface area (Å²) in [6.07, 6.45) is 2.21. The molecule has 0 radical (unpaired) electrons. The van der Waals surface area contributed by atoms with Crippen LogP contribution in [0.15, 0.2) is 29.2 Å². The molecule has 0 unspecified atom stereocenters. The van der Waals surface area contributed by atoms with Crippen LogP contribution < -0.4 is 0 Å². The zero-order valence-electron chi connectivity index (χ0n) is 13.2. The van der Waals surface area contributed by atoms with Crippen molar-refractivity contribution in [2.75, 3.05) is 26.3 Å². The Bertz CT molecular complexity index is 656. The van der Waals surface area contributed by atoms with Gasteiger partial charge in [0, 0.05) is 26.1 Å². The van der Waals surface area contributed by atoms with Crippen LogP contribution in [0.4, 0.5) is 4.39 Å². The van der Waals surface area contributed by atoms with Gasteiger partial charge in [0.15, 0.2) is 0 Å². The zero-order valence-corrected chi connectivity index (χ0v) is 14.0. The van der Waals surface area contributed by atoms with Crippen LogP contribution in [0.3, 0.4) is 0 Å². The highest BCUT2D eigenvalue weighted by atomic mass is 32.2. The lowest BCUT2D eigenvalue weighted by Crippen LogP contribution is -2.46. The van der Waals surface area contributed by atoms with Gasteiger partial charge in [-0.3, -0.25) is 0 Å². The maximum absolute atomic E-state index is 13.3. The van der Waals surface area contributed by atoms with Gasteiger partial charge < -0.3 is 9.47 Å². The molecule has 2 heterocycles. The third-order valence-corrected chi connectivity index (χ3v) is 6.54. The van der Waals surface area contributed by atoms with Crippen LogP contribution in [0.5, 0.6) is 0 Å². The number of rotatable bonds is 4. The van der Waals surface area contributed by atoms with E-state index in [0.29, 0.717) is 39.1 Å². The quantitative estimate of drug-likeness (QED) is 0.841. The van der Waals surface area contributed by atoms with Gasteiger partial charge in [-0.25, -0.2) is 12.8 Å². The predicted octanol–water partition coefficient (Wildman–Crippen LogP) is 2.17. The molecule has 0 aromatic heterocycles. The molecule has 0 saturated carbocycles. The Balaban J connectivity index is 1.67. The monoisotopic (exact) mass is 343 g/mol. The average molecular weight is 343 g/mol. The molecule has 2 aliphatic heterocycles. The topological polar surface area (TPSA) is 55.8 Å². The SMILES string of the molecule is CCO[C@H]1COC2(CCN(S(=O)(=O)c3cccc(F)c3)CC2)C1. The normalized spacial score (nSPS) is 25.0. The molecule has 1 spiro atoms. The minimum Gasteiger partial charge on any atom is -0.376 e. The molecule has 5 nitrogen and oxygen atoms in total. The van der Waals surface area contributed by atoms with E-state index < -0.39 is 15.8 Å². The number of nitrogens with zero attached hydrogens (tertiary/aromatic N) is 1. The molecule has 0 bridgehead atoms. The van der Waals surface area contributed by atoms with Crippen molar-refractivity contribution in [3.63, 3.8) is 0 Å². The molecule has 0 amide bonds. The van der Waals surface area contributed by atoms with E-state index in [2.05, 4.69) is 0 Å². The Morgan fingerprint density at radius 3 is 2.78 bits per heavy atom. The first-order chi connectivity index (χ1) is 11.0. The second-order valence-corrected chi connectivity index (χ2v) is 8.07. The number of hydrogen-bond donors (Lipinski definition) is 0. The Hall–Kier alpha value is -1.02. The molecule has 23 heavy (non-hydrogen) atoms. The number of hydrogen-bond acceptors (Lipinski definition) is 4. The minimum atomic E-state index is -3.65. The van der Waals surface area contributed by atoms with Crippen LogP contribution in [0.1, 0.15) is 26.2 Å². The van der Waals surface area contributed by atoms with E-state index in [1.54, 1.807) is 0 Å². The first kappa shape index (κ1) is 16.8. The molecule has 0 aliphatic carbocycles. The largest absolute Gasteiger partial charge is 0.376 e. The first-order valence-corrected chi connectivity index (χ1v) is 9.40. The molecular weight excluding hydrogens is 321 g/mol. The first-order valence-electron chi connectivity index (χ1n) is 7.96. The van der Waals surface area contributed by atoms with E-state index in [1.165, 1.54) is 22.5 Å². The lowest BCUT2D eigenvalue weighted by Gasteiger charge is -2.37. The minimum absolute atomic E-state index is 0.00739. The van der Waals surface area contributed by atoms with E-state index >= 15 is 0 Å². The predicted molar refractivity (Wildman–Crippen MR) is 83.1 cm³/mol. The van der Waals surface area contributed by atoms with E-state index in [1.807, 2.05) is 6.92 Å². The maximum Gasteiger partial charge on any atom is 0.243 e. The smallest absolute Gasteiger partial charge is 0.243 e. The summed E-state index contributed by atoms with van der Waals surface area (Å²) in [5, 5.41) is 0. The van der Waals surface area contributed by atoms with E-state index in [4.69, 9.17) is 9.47 Å². The molecule has 2 aliphatic rings. The molecule has 2 saturated heterocycles. The van der Waals surface area contributed by atoms with Crippen LogP contribution >= 0.6 is 0 Å². The van der Waals surface area contributed by atoms with Gasteiger partial charge >= 0.3 is 0 Å². The van der Waals surface area contributed by atoms with Crippen LogP contribution in [-0.4, -0.2) is 50.7 Å². The van der Waals surface area contributed by atoms with Crippen LogP contribution in [0.2, 0.25) is 0 Å². The van der Waals surface area contributed by atoms with Crippen molar-refractivity contribution >= 4 is 10.0 Å². The van der Waals surface area contributed by atoms with Crippen molar-refractivity contribution in [1.29, 1.82) is 0 Å². The summed E-state index contributed by atoms with van der Waals surface area (Å²) in [7, 11) is -3.65. The van der Waals surface area contributed by atoms with Crippen molar-refractivity contribution in [2.45, 2.75) is 42.8 Å². The zero-order chi connectivity index (χ0) is 16.5. The summed E-state index contributed by atoms with van der Waals surface area (Å²) in [5.74, 6) is -0.543. The summed E-state index contributed by atoms with van der Waals surface area (Å²) in [5.41, 5.74) is -0.270. The molecule has 7 heteroatoms. The van der Waals surface area contributed by atoms with Crippen molar-refractivity contribution in [3.8, 4) is 0 Å². The number of sulfonamides is 1. The van der Waals surface area contributed by atoms with Gasteiger partial charge in [-0.05, 0) is 38.0 Å². The Labute approximate surface area is 136 Å². The molecule has 2 fully saturated rings. The van der Waals surface area contributed by atoms with Gasteiger partial charge in [-0.1, -0.05) is 6.07 Å². The number of ether oxygens (including phenoxy) is 2. The Kier molecular flexibility index (Phi) is 4.73. The highest BCUT2D eigenvalue weighted by Crippen LogP contribution is 2.38. The van der Waals surface area contributed by atoms with Crippen molar-refractivity contribution in [3.05, 3.63) is 30.1 Å². The highest BCUT2D eigenvalue weighted by molar-refractivity contribution is 7.89. The number of benzene rings is 1. The van der Waals surface area contributed by atoms with E-state index in [0.717, 1.165) is 12.5 Å². The number of halogens is 1. The van der Waals surface area contributed by atoms with Gasteiger partial charge in [-0.15, -0.1) is 0 Å². The second kappa shape index (κ2) is 6.47. The van der Waals surface area contributed by atoms with Crippen molar-refractivity contribution in [2.24, 2.45) is 0 Å². The van der Waals surface area contributed by atoms with Gasteiger partial charge in [0.2, 0.25) is 10.0 Å². The molecule has 1 atom stereocenters. The molecule has 1 aromatic rings. The lowest BCUT2D eigenvalue weighted by molar-refractivity contribution is -0.0336. The lowest BCUT2D eigenvalue weighted by atomic mass is 9.89. The Morgan fingerprint density at radius 2 is 2.13 bits per heavy atom. The van der Waals surface area contributed by atoms with Crippen molar-refractivity contribution < 1.29 is 22.3 Å². The second-order valence-electron chi connectivity index (χ2n) is 6.14. The molecule has 0 N–H and O–H groups in total. The maximum atomic E-state index is 13.3. The van der Waals surface area contributed by atoms with Crippen LogP contribution in [0, 0.1) is 5.82 Å². The van der Waals surface area contributed by atoms with Crippen LogP contribution in [-0.2, 0) is 19.5 Å². The Morgan fingerprint density at radius 1 is 1.39 bits per heavy atom. The highest BCUT2D eigenvalue weighted by Gasteiger charge is 2.45. The standard InChI is InChI=1S/C16H22FNO4S/c1-2-21-14-11-16(22-12-14)6-8-18(9-7-16)23(19,20)15-5-3-4-13(17)10-15/h3-5,10,14H,2,6-9,11-12H2,1H3/t14-/m1/s1. The summed E-state index contributed by atoms with van der Waals surface area (Å²) in [6, 6.07) is 5.15. The fourth-order valence-corrected chi connectivity index (χ4v) is 4.88. The van der Waals surface area contributed by atoms with E-state index in [9.17, 15) is 12.8 Å². The number of piperidine rings is 1. The van der Waals surface area contributed by atoms with Gasteiger partial charge in [0.1, 0.15) is 5.82 Å². The summed E-state index contributed by atoms with van der Waals surface area (Å²) >= 11 is 0. The molecule has 3 rings (SSSR count). The average Bonchev–Trinajstić information content (AvgIpc) is 2.91. The summed E-state index contributed by atoms with van der Waals surface area (Å²) < 4.78 is 51.5. The summed E-state index contributed by atoms with van der Waals surface area (Å²) in [6.45, 7) is 3.96. The fraction of sp³-hybridized carbons (Fsp3) is 0.625.